The average Bonchev–Trinajstić information content (AvgIpc) is 3.95. The summed E-state index contributed by atoms with van der Waals surface area (Å²) in [6.45, 7) is 2.13. The van der Waals surface area contributed by atoms with Gasteiger partial charge in [0.05, 0.1) is 16.7 Å². The molecule has 0 aliphatic rings. The van der Waals surface area contributed by atoms with E-state index >= 15 is 0 Å². The summed E-state index contributed by atoms with van der Waals surface area (Å²) in [7, 11) is 0. The lowest BCUT2D eigenvalue weighted by molar-refractivity contribution is 0.669. The van der Waals surface area contributed by atoms with Crippen LogP contribution in [0.1, 0.15) is 5.56 Å². The highest BCUT2D eigenvalue weighted by Gasteiger charge is 2.22. The Hall–Kier alpha value is -7.76. The van der Waals surface area contributed by atoms with E-state index in [1.807, 2.05) is 24.3 Å². The Kier molecular flexibility index (Phi) is 7.07. The van der Waals surface area contributed by atoms with E-state index in [4.69, 9.17) is 18.8 Å². The van der Waals surface area contributed by atoms with Crippen molar-refractivity contribution in [1.29, 1.82) is 0 Å². The van der Waals surface area contributed by atoms with Gasteiger partial charge in [-0.25, -0.2) is 9.97 Å². The molecule has 0 amide bonds. The molecule has 0 saturated heterocycles. The van der Waals surface area contributed by atoms with E-state index in [1.54, 1.807) is 0 Å². The van der Waals surface area contributed by atoms with Gasteiger partial charge in [0.2, 0.25) is 0 Å². The van der Waals surface area contributed by atoms with E-state index < -0.39 is 0 Å². The van der Waals surface area contributed by atoms with Crippen LogP contribution in [0, 0.1) is 6.92 Å². The number of hydrogen-bond donors (Lipinski definition) is 0. The summed E-state index contributed by atoms with van der Waals surface area (Å²) in [6, 6.07) is 63.5. The molecule has 0 saturated carbocycles. The summed E-state index contributed by atoms with van der Waals surface area (Å²) in [4.78, 5) is 10.7. The van der Waals surface area contributed by atoms with Gasteiger partial charge in [-0.15, -0.1) is 0 Å². The lowest BCUT2D eigenvalue weighted by Crippen LogP contribution is -2.06. The van der Waals surface area contributed by atoms with Gasteiger partial charge >= 0.3 is 0 Å². The second-order valence-electron chi connectivity index (χ2n) is 15.0. The highest BCUT2D eigenvalue weighted by Crippen LogP contribution is 2.41. The lowest BCUT2D eigenvalue weighted by Gasteiger charge is -2.16. The summed E-state index contributed by atoms with van der Waals surface area (Å²) >= 11 is 0. The van der Waals surface area contributed by atoms with Crippen molar-refractivity contribution in [2.24, 2.45) is 0 Å². The maximum absolute atomic E-state index is 6.46. The monoisotopic (exact) mass is 743 g/mol. The van der Waals surface area contributed by atoms with Crippen LogP contribution >= 0.6 is 0 Å². The first-order valence-electron chi connectivity index (χ1n) is 19.6. The van der Waals surface area contributed by atoms with E-state index in [1.165, 1.54) is 11.1 Å². The van der Waals surface area contributed by atoms with Crippen LogP contribution in [0.4, 0.5) is 0 Å². The Morgan fingerprint density at radius 3 is 1.88 bits per heavy atom. The molecule has 4 aromatic heterocycles. The molecule has 0 bridgehead atoms. The van der Waals surface area contributed by atoms with Crippen molar-refractivity contribution in [2.45, 2.75) is 6.92 Å². The molecule has 5 heteroatoms. The highest BCUT2D eigenvalue weighted by molar-refractivity contribution is 6.17. The summed E-state index contributed by atoms with van der Waals surface area (Å²) in [5, 5.41) is 6.68. The van der Waals surface area contributed by atoms with Gasteiger partial charge in [0.1, 0.15) is 28.1 Å². The third-order valence-electron chi connectivity index (χ3n) is 11.6. The molecule has 0 spiro atoms. The Morgan fingerprint density at radius 1 is 0.397 bits per heavy atom. The predicted octanol–water partition coefficient (Wildman–Crippen LogP) is 14.3. The smallest absolute Gasteiger partial charge is 0.162 e. The maximum Gasteiger partial charge on any atom is 0.162 e. The van der Waals surface area contributed by atoms with Crippen molar-refractivity contribution in [3.05, 3.63) is 188 Å². The topological polar surface area (TPSA) is 57.0 Å². The van der Waals surface area contributed by atoms with Crippen molar-refractivity contribution in [2.75, 3.05) is 0 Å². The van der Waals surface area contributed by atoms with Gasteiger partial charge in [-0.3, -0.25) is 4.57 Å². The van der Waals surface area contributed by atoms with Crippen molar-refractivity contribution >= 4 is 65.7 Å². The van der Waals surface area contributed by atoms with Crippen LogP contribution in [0.5, 0.6) is 0 Å². The Balaban J connectivity index is 1.01. The standard InChI is InChI=1S/C53H33N3O2/c1-32-51(35-15-6-3-7-16-35)54-52(55-53(32)56-44-20-10-8-17-39(44)42-31-49-43(30-45(42)56)40-18-9-11-21-46(40)57-49)36-25-23-33(24-26-36)37-27-28-41-48(29-37)58-47-22-12-19-38(50(41)47)34-13-4-2-5-14-34/h2-31H,1H3. The normalized spacial score (nSPS) is 11.9. The molecule has 12 rings (SSSR count). The molecular weight excluding hydrogens is 711 g/mol. The minimum absolute atomic E-state index is 0.660. The second kappa shape index (κ2) is 12.6. The molecule has 0 aliphatic carbocycles. The first-order chi connectivity index (χ1) is 28.7. The zero-order chi connectivity index (χ0) is 38.3. The van der Waals surface area contributed by atoms with Crippen LogP contribution in [-0.4, -0.2) is 14.5 Å². The number of benzene rings is 8. The van der Waals surface area contributed by atoms with Gasteiger partial charge in [0, 0.05) is 49.0 Å². The molecule has 12 aromatic rings. The first-order valence-corrected chi connectivity index (χ1v) is 19.6. The van der Waals surface area contributed by atoms with Crippen molar-refractivity contribution in [3.63, 3.8) is 0 Å². The van der Waals surface area contributed by atoms with Crippen molar-refractivity contribution in [1.82, 2.24) is 14.5 Å². The molecular formula is C53H33N3O2. The SMILES string of the molecule is Cc1c(-c2ccccc2)nc(-c2ccc(-c3ccc4c(c3)oc3cccc(-c5ccccc5)c34)cc2)nc1-n1c2ccccc2c2cc3oc4ccccc4c3cc21. The number of aromatic nitrogens is 3. The zero-order valence-electron chi connectivity index (χ0n) is 31.5. The lowest BCUT2D eigenvalue weighted by atomic mass is 9.98. The van der Waals surface area contributed by atoms with E-state index in [9.17, 15) is 0 Å². The molecule has 0 unspecified atom stereocenters. The minimum Gasteiger partial charge on any atom is -0.456 e. The number of rotatable bonds is 5. The maximum atomic E-state index is 6.46. The third-order valence-corrected chi connectivity index (χ3v) is 11.6. The molecule has 272 valence electrons. The molecule has 58 heavy (non-hydrogen) atoms. The number of hydrogen-bond acceptors (Lipinski definition) is 4. The second-order valence-corrected chi connectivity index (χ2v) is 15.0. The highest BCUT2D eigenvalue weighted by atomic mass is 16.3. The molecule has 8 aromatic carbocycles. The van der Waals surface area contributed by atoms with Gasteiger partial charge < -0.3 is 8.83 Å². The van der Waals surface area contributed by atoms with Crippen LogP contribution in [0.25, 0.3) is 116 Å². The van der Waals surface area contributed by atoms with Crippen molar-refractivity contribution < 1.29 is 8.83 Å². The molecule has 0 fully saturated rings. The van der Waals surface area contributed by atoms with Gasteiger partial charge in [0.15, 0.2) is 5.82 Å². The zero-order valence-corrected chi connectivity index (χ0v) is 31.5. The first kappa shape index (κ1) is 32.5. The fourth-order valence-electron chi connectivity index (χ4n) is 8.82. The number of furan rings is 2. The average molecular weight is 744 g/mol. The van der Waals surface area contributed by atoms with Gasteiger partial charge in [-0.2, -0.15) is 0 Å². The Labute approximate surface area is 333 Å². The quantitative estimate of drug-likeness (QED) is 0.176. The third kappa shape index (κ3) is 4.97. The Morgan fingerprint density at radius 2 is 1.05 bits per heavy atom. The van der Waals surface area contributed by atoms with Gasteiger partial charge in [0.25, 0.3) is 0 Å². The van der Waals surface area contributed by atoms with Crippen LogP contribution in [0.3, 0.4) is 0 Å². The Bertz CT molecular complexity index is 3560. The van der Waals surface area contributed by atoms with Crippen LogP contribution in [0.15, 0.2) is 191 Å². The summed E-state index contributed by atoms with van der Waals surface area (Å²) in [6.07, 6.45) is 0. The van der Waals surface area contributed by atoms with Crippen LogP contribution < -0.4 is 0 Å². The van der Waals surface area contributed by atoms with E-state index in [0.717, 1.165) is 105 Å². The molecule has 4 heterocycles. The van der Waals surface area contributed by atoms with E-state index in [-0.39, 0.29) is 0 Å². The molecule has 0 atom stereocenters. The fourth-order valence-corrected chi connectivity index (χ4v) is 8.82. The molecule has 0 N–H and O–H groups in total. The summed E-state index contributed by atoms with van der Waals surface area (Å²) < 4.78 is 15.1. The molecule has 0 aliphatic heterocycles. The van der Waals surface area contributed by atoms with Gasteiger partial charge in [-0.1, -0.05) is 140 Å². The minimum atomic E-state index is 0.660. The van der Waals surface area contributed by atoms with Gasteiger partial charge in [-0.05, 0) is 71.6 Å². The largest absolute Gasteiger partial charge is 0.456 e. The fraction of sp³-hybridized carbons (Fsp3) is 0.0189. The summed E-state index contributed by atoms with van der Waals surface area (Å²) in [5.74, 6) is 1.50. The molecule has 0 radical (unpaired) electrons. The van der Waals surface area contributed by atoms with Crippen molar-refractivity contribution in [3.8, 4) is 50.7 Å². The van der Waals surface area contributed by atoms with E-state index in [2.05, 4.69) is 169 Å². The van der Waals surface area contributed by atoms with Crippen LogP contribution in [0.2, 0.25) is 0 Å². The number of fused-ring (bicyclic) bond motifs is 9. The molecule has 5 nitrogen and oxygen atoms in total. The van der Waals surface area contributed by atoms with Crippen LogP contribution in [-0.2, 0) is 0 Å². The number of para-hydroxylation sites is 2. The predicted molar refractivity (Wildman–Crippen MR) is 237 cm³/mol. The summed E-state index contributed by atoms with van der Waals surface area (Å²) in [5.41, 5.74) is 14.0. The van der Waals surface area contributed by atoms with E-state index in [0.29, 0.717) is 5.82 Å². The number of nitrogens with zero attached hydrogens (tertiary/aromatic N) is 3.